The maximum absolute atomic E-state index is 10.8. The van der Waals surface area contributed by atoms with Gasteiger partial charge in [-0.3, -0.25) is 10.1 Å². The Morgan fingerprint density at radius 3 is 2.53 bits per heavy atom. The second-order valence-electron chi connectivity index (χ2n) is 3.73. The number of nitro benzene ring substituents is 1. The molecule has 0 fully saturated rings. The van der Waals surface area contributed by atoms with Crippen molar-refractivity contribution in [1.29, 1.82) is 0 Å². The number of hydrogen-bond donors (Lipinski definition) is 0. The fourth-order valence-corrected chi connectivity index (χ4v) is 2.46. The molecule has 19 heavy (non-hydrogen) atoms. The Labute approximate surface area is 126 Å². The van der Waals surface area contributed by atoms with Crippen molar-refractivity contribution in [3.05, 3.63) is 67.1 Å². The minimum absolute atomic E-state index is 0.0354. The normalized spacial score (nSPS) is 10.2. The Kier molecular flexibility index (Phi) is 4.55. The molecule has 2 aromatic rings. The lowest BCUT2D eigenvalue weighted by atomic mass is 10.2. The standard InChI is InChI=1S/C13H9Br2NO3/c14-10-5-1-2-7-12(10)19-8-9-4-3-6-11(13(9)15)16(17)18/h1-7H,8H2. The number of para-hydroxylation sites is 1. The molecule has 0 unspecified atom stereocenters. The minimum Gasteiger partial charge on any atom is -0.488 e. The largest absolute Gasteiger partial charge is 0.488 e. The van der Waals surface area contributed by atoms with Gasteiger partial charge in [-0.05, 0) is 44.0 Å². The van der Waals surface area contributed by atoms with E-state index in [9.17, 15) is 10.1 Å². The van der Waals surface area contributed by atoms with Crippen LogP contribution in [0.15, 0.2) is 51.4 Å². The van der Waals surface area contributed by atoms with Crippen LogP contribution in [-0.2, 0) is 6.61 Å². The Morgan fingerprint density at radius 2 is 1.84 bits per heavy atom. The molecule has 0 aliphatic heterocycles. The lowest BCUT2D eigenvalue weighted by Crippen LogP contribution is -1.99. The molecule has 0 N–H and O–H groups in total. The van der Waals surface area contributed by atoms with Crippen LogP contribution in [0.2, 0.25) is 0 Å². The molecule has 0 atom stereocenters. The Hall–Kier alpha value is -1.40. The van der Waals surface area contributed by atoms with Crippen LogP contribution < -0.4 is 4.74 Å². The third-order valence-electron chi connectivity index (χ3n) is 2.47. The zero-order valence-electron chi connectivity index (χ0n) is 9.68. The summed E-state index contributed by atoms with van der Waals surface area (Å²) in [6.07, 6.45) is 0. The van der Waals surface area contributed by atoms with Crippen molar-refractivity contribution in [1.82, 2.24) is 0 Å². The van der Waals surface area contributed by atoms with Gasteiger partial charge in [-0.1, -0.05) is 24.3 Å². The topological polar surface area (TPSA) is 52.4 Å². The van der Waals surface area contributed by atoms with E-state index in [1.807, 2.05) is 24.3 Å². The first-order valence-electron chi connectivity index (χ1n) is 5.38. The summed E-state index contributed by atoms with van der Waals surface area (Å²) in [7, 11) is 0. The van der Waals surface area contributed by atoms with Crippen molar-refractivity contribution >= 4 is 37.5 Å². The molecule has 0 amide bonds. The molecular weight excluding hydrogens is 378 g/mol. The smallest absolute Gasteiger partial charge is 0.283 e. The molecule has 6 heteroatoms. The molecule has 0 aromatic heterocycles. The van der Waals surface area contributed by atoms with Crippen LogP contribution in [0.5, 0.6) is 5.75 Å². The monoisotopic (exact) mass is 385 g/mol. The molecule has 0 aliphatic carbocycles. The zero-order chi connectivity index (χ0) is 13.8. The summed E-state index contributed by atoms with van der Waals surface area (Å²) in [5, 5.41) is 10.8. The highest BCUT2D eigenvalue weighted by Crippen LogP contribution is 2.30. The maximum Gasteiger partial charge on any atom is 0.283 e. The average molecular weight is 387 g/mol. The number of nitro groups is 1. The number of hydrogen-bond acceptors (Lipinski definition) is 3. The van der Waals surface area contributed by atoms with E-state index in [1.54, 1.807) is 12.1 Å². The van der Waals surface area contributed by atoms with E-state index in [1.165, 1.54) is 6.07 Å². The molecule has 98 valence electrons. The van der Waals surface area contributed by atoms with E-state index in [4.69, 9.17) is 4.74 Å². The number of halogens is 2. The summed E-state index contributed by atoms with van der Waals surface area (Å²) < 4.78 is 6.93. The van der Waals surface area contributed by atoms with Gasteiger partial charge < -0.3 is 4.74 Å². The van der Waals surface area contributed by atoms with Crippen molar-refractivity contribution in [2.24, 2.45) is 0 Å². The summed E-state index contributed by atoms with van der Waals surface area (Å²) in [5.41, 5.74) is 0.762. The lowest BCUT2D eigenvalue weighted by Gasteiger charge is -2.09. The highest BCUT2D eigenvalue weighted by atomic mass is 79.9. The Balaban J connectivity index is 2.19. The minimum atomic E-state index is -0.425. The van der Waals surface area contributed by atoms with Crippen LogP contribution in [0.25, 0.3) is 0 Å². The first kappa shape index (κ1) is 14.0. The van der Waals surface area contributed by atoms with Gasteiger partial charge in [0.1, 0.15) is 16.8 Å². The predicted octanol–water partition coefficient (Wildman–Crippen LogP) is 4.70. The van der Waals surface area contributed by atoms with Crippen LogP contribution in [0.1, 0.15) is 5.56 Å². The van der Waals surface area contributed by atoms with Crippen LogP contribution >= 0.6 is 31.9 Å². The van der Waals surface area contributed by atoms with Gasteiger partial charge in [-0.2, -0.15) is 0 Å². The Bertz CT molecular complexity index is 617. The van der Waals surface area contributed by atoms with E-state index in [2.05, 4.69) is 31.9 Å². The third kappa shape index (κ3) is 3.33. The van der Waals surface area contributed by atoms with Crippen molar-refractivity contribution in [3.63, 3.8) is 0 Å². The molecule has 2 aromatic carbocycles. The van der Waals surface area contributed by atoms with Crippen LogP contribution in [-0.4, -0.2) is 4.92 Å². The van der Waals surface area contributed by atoms with Crippen LogP contribution in [0.4, 0.5) is 5.69 Å². The predicted molar refractivity (Wildman–Crippen MR) is 79.3 cm³/mol. The first-order chi connectivity index (χ1) is 9.09. The summed E-state index contributed by atoms with van der Waals surface area (Å²) in [4.78, 5) is 10.4. The van der Waals surface area contributed by atoms with E-state index in [0.717, 1.165) is 10.0 Å². The molecule has 4 nitrogen and oxygen atoms in total. The molecule has 2 rings (SSSR count). The maximum atomic E-state index is 10.8. The number of ether oxygens (including phenoxy) is 1. The average Bonchev–Trinajstić information content (AvgIpc) is 2.39. The molecule has 0 spiro atoms. The second-order valence-corrected chi connectivity index (χ2v) is 5.37. The first-order valence-corrected chi connectivity index (χ1v) is 6.97. The van der Waals surface area contributed by atoms with E-state index in [0.29, 0.717) is 10.2 Å². The Morgan fingerprint density at radius 1 is 1.11 bits per heavy atom. The molecule has 0 saturated carbocycles. The second kappa shape index (κ2) is 6.16. The summed E-state index contributed by atoms with van der Waals surface area (Å²) in [5.74, 6) is 0.695. The fraction of sp³-hybridized carbons (Fsp3) is 0.0769. The fourth-order valence-electron chi connectivity index (χ4n) is 1.54. The quantitative estimate of drug-likeness (QED) is 0.565. The van der Waals surface area contributed by atoms with Crippen LogP contribution in [0.3, 0.4) is 0 Å². The van der Waals surface area contributed by atoms with Gasteiger partial charge in [-0.15, -0.1) is 0 Å². The molecule has 0 aliphatic rings. The van der Waals surface area contributed by atoms with Gasteiger partial charge in [0.2, 0.25) is 0 Å². The van der Waals surface area contributed by atoms with E-state index < -0.39 is 4.92 Å². The van der Waals surface area contributed by atoms with E-state index >= 15 is 0 Å². The number of benzene rings is 2. The van der Waals surface area contributed by atoms with Gasteiger partial charge >= 0.3 is 0 Å². The molecule has 0 bridgehead atoms. The third-order valence-corrected chi connectivity index (χ3v) is 4.05. The van der Waals surface area contributed by atoms with Gasteiger partial charge in [0.25, 0.3) is 5.69 Å². The molecule has 0 radical (unpaired) electrons. The summed E-state index contributed by atoms with van der Waals surface area (Å²) in [6.45, 7) is 0.255. The summed E-state index contributed by atoms with van der Waals surface area (Å²) >= 11 is 6.62. The highest BCUT2D eigenvalue weighted by Gasteiger charge is 2.15. The highest BCUT2D eigenvalue weighted by molar-refractivity contribution is 9.11. The zero-order valence-corrected chi connectivity index (χ0v) is 12.8. The van der Waals surface area contributed by atoms with Crippen molar-refractivity contribution < 1.29 is 9.66 Å². The van der Waals surface area contributed by atoms with E-state index in [-0.39, 0.29) is 12.3 Å². The molecular formula is C13H9Br2NO3. The number of rotatable bonds is 4. The molecule has 0 heterocycles. The van der Waals surface area contributed by atoms with Gasteiger partial charge in [0.05, 0.1) is 9.40 Å². The van der Waals surface area contributed by atoms with Crippen LogP contribution in [0, 0.1) is 10.1 Å². The van der Waals surface area contributed by atoms with Gasteiger partial charge in [0.15, 0.2) is 0 Å². The SMILES string of the molecule is O=[N+]([O-])c1cccc(COc2ccccc2Br)c1Br. The van der Waals surface area contributed by atoms with Crippen molar-refractivity contribution in [3.8, 4) is 5.75 Å². The van der Waals surface area contributed by atoms with Gasteiger partial charge in [0, 0.05) is 11.6 Å². The lowest BCUT2D eigenvalue weighted by molar-refractivity contribution is -0.385. The number of nitrogens with zero attached hydrogens (tertiary/aromatic N) is 1. The van der Waals surface area contributed by atoms with Crippen molar-refractivity contribution in [2.75, 3.05) is 0 Å². The van der Waals surface area contributed by atoms with Gasteiger partial charge in [-0.25, -0.2) is 0 Å². The molecule has 0 saturated heterocycles. The summed E-state index contributed by atoms with van der Waals surface area (Å²) in [6, 6.07) is 12.3. The van der Waals surface area contributed by atoms with Crippen molar-refractivity contribution in [2.45, 2.75) is 6.61 Å².